The van der Waals surface area contributed by atoms with Gasteiger partial charge in [0.1, 0.15) is 5.75 Å². The van der Waals surface area contributed by atoms with Crippen LogP contribution >= 0.6 is 0 Å². The lowest BCUT2D eigenvalue weighted by Gasteiger charge is -2.36. The van der Waals surface area contributed by atoms with Crippen LogP contribution in [-0.2, 0) is 11.8 Å². The summed E-state index contributed by atoms with van der Waals surface area (Å²) in [5, 5.41) is 11.7. The van der Waals surface area contributed by atoms with Crippen LogP contribution in [0.15, 0.2) is 61.4 Å². The first-order valence-electron chi connectivity index (χ1n) is 14.8. The molecule has 6 rings (SSSR count). The van der Waals surface area contributed by atoms with Gasteiger partial charge in [0.15, 0.2) is 0 Å². The summed E-state index contributed by atoms with van der Waals surface area (Å²) < 4.78 is 7.64. The summed E-state index contributed by atoms with van der Waals surface area (Å²) in [5.41, 5.74) is 4.92. The lowest BCUT2D eigenvalue weighted by molar-refractivity contribution is -0.111. The van der Waals surface area contributed by atoms with Crippen molar-refractivity contribution in [2.75, 3.05) is 69.0 Å². The molecule has 2 aromatic heterocycles. The van der Waals surface area contributed by atoms with E-state index in [1.807, 2.05) is 55.3 Å². The number of rotatable bonds is 11. The van der Waals surface area contributed by atoms with Crippen LogP contribution in [-0.4, -0.2) is 94.9 Å². The highest BCUT2D eigenvalue weighted by molar-refractivity contribution is 6.02. The van der Waals surface area contributed by atoms with Gasteiger partial charge in [-0.2, -0.15) is 5.10 Å². The zero-order chi connectivity index (χ0) is 29.9. The molecular weight excluding hydrogens is 542 g/mol. The average molecular weight is 582 g/mol. The van der Waals surface area contributed by atoms with Gasteiger partial charge in [-0.3, -0.25) is 19.3 Å². The summed E-state index contributed by atoms with van der Waals surface area (Å²) in [6.45, 7) is 9.85. The number of carbonyl (C=O) groups is 1. The van der Waals surface area contributed by atoms with Gasteiger partial charge in [0.25, 0.3) is 0 Å². The maximum Gasteiger partial charge on any atom is 0.247 e. The van der Waals surface area contributed by atoms with Crippen LogP contribution < -0.4 is 20.3 Å². The average Bonchev–Trinajstić information content (AvgIpc) is 3.82. The third kappa shape index (κ3) is 6.47. The molecule has 0 unspecified atom stereocenters. The first kappa shape index (κ1) is 28.6. The number of piperazine rings is 1. The predicted octanol–water partition coefficient (Wildman–Crippen LogP) is 4.12. The summed E-state index contributed by atoms with van der Waals surface area (Å²) >= 11 is 0. The molecule has 2 aromatic carbocycles. The SMILES string of the molecule is C=CC(=O)Nc1cc(Nc2nccc(-c3ccc4c(cnn4C)c3)n2)c(OC)cc1N(C)CCN1CCN(C2CC2)CC1. The molecule has 2 fully saturated rings. The molecule has 0 bridgehead atoms. The van der Waals surface area contributed by atoms with Gasteiger partial charge in [-0.1, -0.05) is 12.6 Å². The van der Waals surface area contributed by atoms with E-state index in [4.69, 9.17) is 9.72 Å². The third-order valence-corrected chi connectivity index (χ3v) is 8.34. The molecule has 0 atom stereocenters. The van der Waals surface area contributed by atoms with Crippen molar-refractivity contribution in [3.63, 3.8) is 0 Å². The second-order valence-electron chi connectivity index (χ2n) is 11.2. The molecular formula is C32H39N9O2. The van der Waals surface area contributed by atoms with Crippen molar-refractivity contribution in [1.29, 1.82) is 0 Å². The fourth-order valence-corrected chi connectivity index (χ4v) is 5.66. The van der Waals surface area contributed by atoms with Crippen molar-refractivity contribution in [2.24, 2.45) is 7.05 Å². The Morgan fingerprint density at radius 1 is 1.14 bits per heavy atom. The van der Waals surface area contributed by atoms with Gasteiger partial charge in [0, 0.05) is 82.6 Å². The summed E-state index contributed by atoms with van der Waals surface area (Å²) in [4.78, 5) is 28.9. The molecule has 1 saturated carbocycles. The topological polar surface area (TPSA) is 104 Å². The molecule has 11 nitrogen and oxygen atoms in total. The van der Waals surface area contributed by atoms with Crippen molar-refractivity contribution < 1.29 is 9.53 Å². The molecule has 3 heterocycles. The smallest absolute Gasteiger partial charge is 0.247 e. The maximum atomic E-state index is 12.4. The third-order valence-electron chi connectivity index (χ3n) is 8.34. The molecule has 11 heteroatoms. The number of likely N-dealkylation sites (N-methyl/N-ethyl adjacent to an activating group) is 1. The number of ether oxygens (including phenoxy) is 1. The van der Waals surface area contributed by atoms with E-state index in [0.29, 0.717) is 23.1 Å². The Labute approximate surface area is 252 Å². The molecule has 43 heavy (non-hydrogen) atoms. The quantitative estimate of drug-likeness (QED) is 0.253. The lowest BCUT2D eigenvalue weighted by atomic mass is 10.1. The molecule has 1 amide bonds. The standard InChI is InChI=1S/C32H39N9O2/c1-5-31(42)35-26-19-27(37-32-33-11-10-25(36-32)22-6-9-28-23(18-22)21-34-39(28)3)30(43-4)20-29(26)38(2)12-13-40-14-16-41(17-15-40)24-7-8-24/h5-6,9-11,18-21,24H,1,7-8,12-17H2,2-4H3,(H,35,42)(H,33,36,37). The fourth-order valence-electron chi connectivity index (χ4n) is 5.66. The Morgan fingerprint density at radius 3 is 2.70 bits per heavy atom. The second kappa shape index (κ2) is 12.4. The monoisotopic (exact) mass is 581 g/mol. The number of aryl methyl sites for hydroxylation is 1. The number of nitrogens with one attached hydrogen (secondary N) is 2. The van der Waals surface area contributed by atoms with E-state index in [2.05, 4.69) is 48.1 Å². The molecule has 2 N–H and O–H groups in total. The first-order chi connectivity index (χ1) is 20.9. The van der Waals surface area contributed by atoms with E-state index in [1.54, 1.807) is 13.3 Å². The van der Waals surface area contributed by atoms with Crippen LogP contribution in [0.2, 0.25) is 0 Å². The number of methoxy groups -OCH3 is 1. The van der Waals surface area contributed by atoms with E-state index in [1.165, 1.54) is 18.9 Å². The first-order valence-corrected chi connectivity index (χ1v) is 14.8. The molecule has 1 aliphatic carbocycles. The van der Waals surface area contributed by atoms with E-state index in [9.17, 15) is 4.79 Å². The number of anilines is 4. The number of nitrogens with zero attached hydrogens (tertiary/aromatic N) is 7. The van der Waals surface area contributed by atoms with Gasteiger partial charge < -0.3 is 20.3 Å². The van der Waals surface area contributed by atoms with Crippen molar-refractivity contribution in [2.45, 2.75) is 18.9 Å². The molecule has 1 aliphatic heterocycles. The van der Waals surface area contributed by atoms with Crippen LogP contribution in [0.1, 0.15) is 12.8 Å². The molecule has 4 aromatic rings. The van der Waals surface area contributed by atoms with Crippen molar-refractivity contribution in [3.05, 3.63) is 61.4 Å². The van der Waals surface area contributed by atoms with Crippen LogP contribution in [0, 0.1) is 0 Å². The highest BCUT2D eigenvalue weighted by Gasteiger charge is 2.31. The minimum Gasteiger partial charge on any atom is -0.494 e. The molecule has 1 saturated heterocycles. The number of carbonyl (C=O) groups excluding carboxylic acids is 1. The lowest BCUT2D eigenvalue weighted by Crippen LogP contribution is -2.48. The Balaban J connectivity index is 1.21. The second-order valence-corrected chi connectivity index (χ2v) is 11.2. The van der Waals surface area contributed by atoms with Crippen LogP contribution in [0.5, 0.6) is 5.75 Å². The normalized spacial score (nSPS) is 15.8. The fraction of sp³-hybridized carbons (Fsp3) is 0.375. The minimum absolute atomic E-state index is 0.286. The Morgan fingerprint density at radius 2 is 1.95 bits per heavy atom. The van der Waals surface area contributed by atoms with Gasteiger partial charge in [0.05, 0.1) is 41.6 Å². The van der Waals surface area contributed by atoms with Gasteiger partial charge in [-0.25, -0.2) is 9.97 Å². The van der Waals surface area contributed by atoms with Gasteiger partial charge in [-0.15, -0.1) is 0 Å². The zero-order valence-corrected chi connectivity index (χ0v) is 25.1. The minimum atomic E-state index is -0.286. The molecule has 0 spiro atoms. The van der Waals surface area contributed by atoms with Crippen molar-refractivity contribution >= 4 is 39.8 Å². The molecule has 2 aliphatic rings. The molecule has 224 valence electrons. The zero-order valence-electron chi connectivity index (χ0n) is 25.1. The van der Waals surface area contributed by atoms with Gasteiger partial charge in [0.2, 0.25) is 11.9 Å². The maximum absolute atomic E-state index is 12.4. The van der Waals surface area contributed by atoms with Crippen LogP contribution in [0.3, 0.4) is 0 Å². The number of hydrogen-bond acceptors (Lipinski definition) is 9. The summed E-state index contributed by atoms with van der Waals surface area (Å²) in [5.74, 6) is 0.739. The van der Waals surface area contributed by atoms with E-state index in [0.717, 1.165) is 73.2 Å². The number of benzene rings is 2. The Hall–Kier alpha value is -4.48. The van der Waals surface area contributed by atoms with Crippen LogP contribution in [0.25, 0.3) is 22.2 Å². The van der Waals surface area contributed by atoms with Crippen molar-refractivity contribution in [3.8, 4) is 17.0 Å². The Bertz CT molecular complexity index is 1620. The number of hydrogen-bond donors (Lipinski definition) is 2. The van der Waals surface area contributed by atoms with Gasteiger partial charge in [-0.05, 0) is 43.2 Å². The van der Waals surface area contributed by atoms with Crippen molar-refractivity contribution in [1.82, 2.24) is 29.5 Å². The van der Waals surface area contributed by atoms with Gasteiger partial charge >= 0.3 is 0 Å². The van der Waals surface area contributed by atoms with E-state index < -0.39 is 0 Å². The largest absolute Gasteiger partial charge is 0.494 e. The number of aromatic nitrogens is 4. The van der Waals surface area contributed by atoms with E-state index in [-0.39, 0.29) is 5.91 Å². The van der Waals surface area contributed by atoms with Crippen LogP contribution in [0.4, 0.5) is 23.0 Å². The summed E-state index contributed by atoms with van der Waals surface area (Å²) in [6.07, 6.45) is 7.55. The van der Waals surface area contributed by atoms with E-state index >= 15 is 0 Å². The molecule has 0 radical (unpaired) electrons. The highest BCUT2D eigenvalue weighted by atomic mass is 16.5. The number of amides is 1. The predicted molar refractivity (Wildman–Crippen MR) is 171 cm³/mol. The highest BCUT2D eigenvalue weighted by Crippen LogP contribution is 2.38. The summed E-state index contributed by atoms with van der Waals surface area (Å²) in [7, 11) is 5.59. The number of fused-ring (bicyclic) bond motifs is 1. The Kier molecular flexibility index (Phi) is 8.26. The summed E-state index contributed by atoms with van der Waals surface area (Å²) in [6, 6.07) is 12.6.